The van der Waals surface area contributed by atoms with Crippen molar-refractivity contribution < 1.29 is 0 Å². The van der Waals surface area contributed by atoms with Crippen molar-refractivity contribution in [3.63, 3.8) is 0 Å². The lowest BCUT2D eigenvalue weighted by Crippen LogP contribution is -2.27. The number of hydrogen-bond donors (Lipinski definition) is 0. The summed E-state index contributed by atoms with van der Waals surface area (Å²) in [5.41, 5.74) is 2.69. The van der Waals surface area contributed by atoms with Crippen LogP contribution >= 0.6 is 0 Å². The Kier molecular flexibility index (Phi) is 2.89. The number of terminal acetylenes is 1. The van der Waals surface area contributed by atoms with Gasteiger partial charge in [0.15, 0.2) is 0 Å². The molecule has 0 aliphatic heterocycles. The van der Waals surface area contributed by atoms with E-state index in [1.165, 1.54) is 11.1 Å². The molecule has 0 spiro atoms. The first-order chi connectivity index (χ1) is 7.36. The minimum atomic E-state index is 0.363. The molecule has 0 aromatic heterocycles. The molecule has 0 fully saturated rings. The molecule has 1 aliphatic carbocycles. The minimum Gasteiger partial charge on any atom is -0.282 e. The van der Waals surface area contributed by atoms with Crippen LogP contribution in [0.2, 0.25) is 0 Å². The van der Waals surface area contributed by atoms with Gasteiger partial charge in [0, 0.05) is 0 Å². The number of benzene rings is 1. The highest BCUT2D eigenvalue weighted by atomic mass is 15.1. The summed E-state index contributed by atoms with van der Waals surface area (Å²) in [6.45, 7) is 3.83. The Balaban J connectivity index is 2.27. The topological polar surface area (TPSA) is 3.24 Å². The van der Waals surface area contributed by atoms with Crippen LogP contribution in [0.25, 0.3) is 6.08 Å². The largest absolute Gasteiger partial charge is 0.282 e. The van der Waals surface area contributed by atoms with Gasteiger partial charge in [-0.1, -0.05) is 49.3 Å². The first-order valence-corrected chi connectivity index (χ1v) is 5.31. The first kappa shape index (κ1) is 10.0. The third kappa shape index (κ3) is 1.82. The average molecular weight is 197 g/mol. The zero-order chi connectivity index (χ0) is 10.7. The fourth-order valence-electron chi connectivity index (χ4n) is 2.07. The van der Waals surface area contributed by atoms with Crippen LogP contribution < -0.4 is 0 Å². The Bertz CT molecular complexity index is 412. The standard InChI is InChI=1S/C14H15N/c1-3-11-15(4-2)14-10-9-12-7-5-6-8-13(12)14/h1,5-10,14H,4,11H2,2H3. The Hall–Kier alpha value is -1.52. The predicted molar refractivity (Wildman–Crippen MR) is 64.3 cm³/mol. The molecule has 1 nitrogen and oxygen atoms in total. The maximum Gasteiger partial charge on any atom is 0.0606 e. The summed E-state index contributed by atoms with van der Waals surface area (Å²) in [5.74, 6) is 2.72. The fraction of sp³-hybridized carbons (Fsp3) is 0.286. The van der Waals surface area contributed by atoms with Crippen LogP contribution in [-0.2, 0) is 0 Å². The van der Waals surface area contributed by atoms with Crippen LogP contribution in [0.1, 0.15) is 24.1 Å². The molecule has 1 atom stereocenters. The summed E-state index contributed by atoms with van der Waals surface area (Å²) in [7, 11) is 0. The van der Waals surface area contributed by atoms with Gasteiger partial charge >= 0.3 is 0 Å². The van der Waals surface area contributed by atoms with Crippen LogP contribution in [0.15, 0.2) is 30.3 Å². The van der Waals surface area contributed by atoms with Crippen molar-refractivity contribution in [2.45, 2.75) is 13.0 Å². The van der Waals surface area contributed by atoms with Crippen LogP contribution in [0.3, 0.4) is 0 Å². The van der Waals surface area contributed by atoms with Crippen molar-refractivity contribution in [1.29, 1.82) is 0 Å². The molecular formula is C14H15N. The number of nitrogens with zero attached hydrogens (tertiary/aromatic N) is 1. The van der Waals surface area contributed by atoms with Gasteiger partial charge in [-0.2, -0.15) is 0 Å². The molecule has 0 radical (unpaired) electrons. The second-order valence-electron chi connectivity index (χ2n) is 3.70. The van der Waals surface area contributed by atoms with Crippen LogP contribution in [0.4, 0.5) is 0 Å². The van der Waals surface area contributed by atoms with Gasteiger partial charge in [-0.05, 0) is 17.7 Å². The molecule has 0 saturated heterocycles. The average Bonchev–Trinajstić information content (AvgIpc) is 2.70. The van der Waals surface area contributed by atoms with E-state index >= 15 is 0 Å². The Morgan fingerprint density at radius 3 is 2.93 bits per heavy atom. The lowest BCUT2D eigenvalue weighted by Gasteiger charge is -2.25. The predicted octanol–water partition coefficient (Wildman–Crippen LogP) is 2.71. The highest BCUT2D eigenvalue weighted by molar-refractivity contribution is 5.61. The summed E-state index contributed by atoms with van der Waals surface area (Å²) in [6, 6.07) is 8.85. The van der Waals surface area contributed by atoms with Crippen molar-refractivity contribution in [1.82, 2.24) is 4.90 Å². The zero-order valence-corrected chi connectivity index (χ0v) is 8.98. The molecule has 0 N–H and O–H groups in total. The highest BCUT2D eigenvalue weighted by Gasteiger charge is 2.21. The Morgan fingerprint density at radius 2 is 2.20 bits per heavy atom. The number of fused-ring (bicyclic) bond motifs is 1. The molecule has 15 heavy (non-hydrogen) atoms. The van der Waals surface area contributed by atoms with E-state index in [1.807, 2.05) is 0 Å². The molecule has 1 aromatic rings. The van der Waals surface area contributed by atoms with E-state index in [0.29, 0.717) is 12.6 Å². The van der Waals surface area contributed by atoms with Crippen LogP contribution in [0.5, 0.6) is 0 Å². The van der Waals surface area contributed by atoms with Crippen LogP contribution in [0, 0.1) is 12.3 Å². The molecule has 1 aliphatic rings. The Labute approximate surface area is 91.4 Å². The van der Waals surface area contributed by atoms with Crippen molar-refractivity contribution in [2.24, 2.45) is 0 Å². The van der Waals surface area contributed by atoms with Crippen molar-refractivity contribution >= 4 is 6.08 Å². The molecule has 0 heterocycles. The van der Waals surface area contributed by atoms with Gasteiger partial charge in [0.1, 0.15) is 0 Å². The van der Waals surface area contributed by atoms with Gasteiger partial charge in [0.25, 0.3) is 0 Å². The maximum absolute atomic E-state index is 5.38. The number of rotatable bonds is 3. The zero-order valence-electron chi connectivity index (χ0n) is 8.98. The highest BCUT2D eigenvalue weighted by Crippen LogP contribution is 2.32. The van der Waals surface area contributed by atoms with E-state index in [2.05, 4.69) is 54.2 Å². The van der Waals surface area contributed by atoms with Gasteiger partial charge in [0.05, 0.1) is 12.6 Å². The lowest BCUT2D eigenvalue weighted by molar-refractivity contribution is 0.278. The summed E-state index contributed by atoms with van der Waals surface area (Å²) >= 11 is 0. The maximum atomic E-state index is 5.38. The van der Waals surface area contributed by atoms with E-state index in [4.69, 9.17) is 6.42 Å². The number of hydrogen-bond acceptors (Lipinski definition) is 1. The second-order valence-corrected chi connectivity index (χ2v) is 3.70. The molecule has 0 amide bonds. The Morgan fingerprint density at radius 1 is 1.40 bits per heavy atom. The van der Waals surface area contributed by atoms with Gasteiger partial charge in [-0.25, -0.2) is 0 Å². The molecule has 2 rings (SSSR count). The lowest BCUT2D eigenvalue weighted by atomic mass is 10.1. The van der Waals surface area contributed by atoms with Gasteiger partial charge < -0.3 is 0 Å². The third-order valence-electron chi connectivity index (χ3n) is 2.87. The molecule has 76 valence electrons. The molecule has 0 saturated carbocycles. The molecular weight excluding hydrogens is 182 g/mol. The van der Waals surface area contributed by atoms with E-state index in [-0.39, 0.29) is 0 Å². The summed E-state index contributed by atoms with van der Waals surface area (Å²) in [4.78, 5) is 2.29. The van der Waals surface area contributed by atoms with E-state index in [9.17, 15) is 0 Å². The molecule has 1 heteroatoms. The molecule has 0 bridgehead atoms. The second kappa shape index (κ2) is 4.33. The first-order valence-electron chi connectivity index (χ1n) is 5.31. The van der Waals surface area contributed by atoms with Crippen molar-refractivity contribution in [2.75, 3.05) is 13.1 Å². The van der Waals surface area contributed by atoms with E-state index < -0.39 is 0 Å². The molecule has 1 unspecified atom stereocenters. The monoisotopic (exact) mass is 197 g/mol. The third-order valence-corrected chi connectivity index (χ3v) is 2.87. The fourth-order valence-corrected chi connectivity index (χ4v) is 2.07. The van der Waals surface area contributed by atoms with Crippen molar-refractivity contribution in [3.05, 3.63) is 41.5 Å². The van der Waals surface area contributed by atoms with Gasteiger partial charge in [-0.3, -0.25) is 4.90 Å². The molecule has 1 aromatic carbocycles. The summed E-state index contributed by atoms with van der Waals surface area (Å²) < 4.78 is 0. The summed E-state index contributed by atoms with van der Waals surface area (Å²) in [5, 5.41) is 0. The van der Waals surface area contributed by atoms with Crippen molar-refractivity contribution in [3.8, 4) is 12.3 Å². The van der Waals surface area contributed by atoms with Crippen LogP contribution in [-0.4, -0.2) is 18.0 Å². The smallest absolute Gasteiger partial charge is 0.0606 e. The summed E-state index contributed by atoms with van der Waals surface area (Å²) in [6.07, 6.45) is 9.78. The minimum absolute atomic E-state index is 0.363. The van der Waals surface area contributed by atoms with E-state index in [1.54, 1.807) is 0 Å². The number of likely N-dealkylation sites (N-methyl/N-ethyl adjacent to an activating group) is 1. The normalized spacial score (nSPS) is 17.8. The van der Waals surface area contributed by atoms with Gasteiger partial charge in [-0.15, -0.1) is 6.42 Å². The SMILES string of the molecule is C#CCN(CC)C1C=Cc2ccccc21. The van der Waals surface area contributed by atoms with E-state index in [0.717, 1.165) is 6.54 Å². The quantitative estimate of drug-likeness (QED) is 0.673. The van der Waals surface area contributed by atoms with Gasteiger partial charge in [0.2, 0.25) is 0 Å².